The van der Waals surface area contributed by atoms with Crippen molar-refractivity contribution in [2.24, 2.45) is 5.92 Å². The van der Waals surface area contributed by atoms with Gasteiger partial charge in [0.2, 0.25) is 0 Å². The highest BCUT2D eigenvalue weighted by Gasteiger charge is 2.13. The first-order chi connectivity index (χ1) is 15.9. The first-order valence-electron chi connectivity index (χ1n) is 11.6. The molecule has 2 atom stereocenters. The molecule has 0 aliphatic carbocycles. The Morgan fingerprint density at radius 1 is 1.18 bits per heavy atom. The monoisotopic (exact) mass is 506 g/mol. The van der Waals surface area contributed by atoms with Crippen LogP contribution in [0.3, 0.4) is 0 Å². The Hall–Kier alpha value is -1.90. The quantitative estimate of drug-likeness (QED) is 0.145. The van der Waals surface area contributed by atoms with Gasteiger partial charge >= 0.3 is 0 Å². The molecule has 5 heteroatoms. The van der Waals surface area contributed by atoms with Crippen molar-refractivity contribution in [2.45, 2.75) is 68.2 Å². The van der Waals surface area contributed by atoms with E-state index in [1.165, 1.54) is 36.8 Å². The number of Topliss-reactive ketones (excluding diaryl/α,β-unsaturated/α-hetero) is 1. The molecule has 34 heavy (non-hydrogen) atoms. The molecule has 0 amide bonds. The molecular formula is C29H44FO2PS. The molecule has 0 aliphatic heterocycles. The minimum atomic E-state index is -0.518. The van der Waals surface area contributed by atoms with E-state index in [1.807, 2.05) is 32.9 Å². The standard InChI is InChI=1S/C19H22FO2P.C7H14S.C3H8/c1-6-12(3)13(4)15(7-2)10-19(14(5)21)22-18-9-8-16(23)11-17(18)20;1-5-6(2)7(3)8-4;1-3-2/h6-11H,4,23H2,1-3,5H3;6H,3,5H2,1-2,4H3;3H2,1-2H3/b12-6-,15-7-,19-10+;;. The molecule has 1 aromatic rings. The molecule has 0 saturated heterocycles. The van der Waals surface area contributed by atoms with Gasteiger partial charge in [-0.25, -0.2) is 4.39 Å². The molecule has 1 aromatic carbocycles. The number of thioether (sulfide) groups is 1. The third kappa shape index (κ3) is 13.7. The van der Waals surface area contributed by atoms with Crippen molar-refractivity contribution in [1.29, 1.82) is 0 Å². The maximum Gasteiger partial charge on any atom is 0.194 e. The first-order valence-corrected chi connectivity index (χ1v) is 13.4. The minimum Gasteiger partial charge on any atom is -0.451 e. The van der Waals surface area contributed by atoms with Crippen molar-refractivity contribution in [3.8, 4) is 5.75 Å². The van der Waals surface area contributed by atoms with Gasteiger partial charge in [0.15, 0.2) is 23.1 Å². The molecule has 0 saturated carbocycles. The predicted octanol–water partition coefficient (Wildman–Crippen LogP) is 8.97. The highest BCUT2D eigenvalue weighted by molar-refractivity contribution is 8.02. The van der Waals surface area contributed by atoms with E-state index in [2.05, 4.69) is 56.3 Å². The average molecular weight is 507 g/mol. The Morgan fingerprint density at radius 2 is 1.74 bits per heavy atom. The summed E-state index contributed by atoms with van der Waals surface area (Å²) in [5.41, 5.74) is 2.54. The van der Waals surface area contributed by atoms with Crippen molar-refractivity contribution in [3.05, 3.63) is 82.8 Å². The van der Waals surface area contributed by atoms with Gasteiger partial charge in [0.1, 0.15) is 0 Å². The lowest BCUT2D eigenvalue weighted by Gasteiger charge is -2.12. The molecule has 190 valence electrons. The third-order valence-electron chi connectivity index (χ3n) is 4.80. The van der Waals surface area contributed by atoms with Crippen LogP contribution in [0, 0.1) is 11.7 Å². The number of ketones is 1. The van der Waals surface area contributed by atoms with Gasteiger partial charge in [-0.3, -0.25) is 4.79 Å². The summed E-state index contributed by atoms with van der Waals surface area (Å²) in [5, 5.41) is 0.703. The molecule has 2 unspecified atom stereocenters. The highest BCUT2D eigenvalue weighted by atomic mass is 32.2. The van der Waals surface area contributed by atoms with E-state index in [-0.39, 0.29) is 17.3 Å². The van der Waals surface area contributed by atoms with E-state index in [4.69, 9.17) is 4.74 Å². The maximum absolute atomic E-state index is 13.9. The summed E-state index contributed by atoms with van der Waals surface area (Å²) in [7, 11) is 2.41. The van der Waals surface area contributed by atoms with Crippen molar-refractivity contribution in [2.75, 3.05) is 6.26 Å². The van der Waals surface area contributed by atoms with Crippen LogP contribution in [0.2, 0.25) is 0 Å². The summed E-state index contributed by atoms with van der Waals surface area (Å²) in [5.74, 6) is -0.0372. The van der Waals surface area contributed by atoms with E-state index in [1.54, 1.807) is 23.9 Å². The molecule has 2 nitrogen and oxygen atoms in total. The van der Waals surface area contributed by atoms with E-state index in [0.717, 1.165) is 16.7 Å². The fourth-order valence-electron chi connectivity index (χ4n) is 2.24. The summed E-state index contributed by atoms with van der Waals surface area (Å²) in [4.78, 5) is 13.1. The molecule has 0 heterocycles. The number of benzene rings is 1. The maximum atomic E-state index is 13.9. The van der Waals surface area contributed by atoms with E-state index in [0.29, 0.717) is 11.2 Å². The first kappa shape index (κ1) is 34.3. The van der Waals surface area contributed by atoms with Crippen molar-refractivity contribution in [3.63, 3.8) is 0 Å². The number of hydrogen-bond acceptors (Lipinski definition) is 3. The fourth-order valence-corrected chi connectivity index (χ4v) is 3.05. The zero-order valence-electron chi connectivity index (χ0n) is 22.5. The van der Waals surface area contributed by atoms with Crippen LogP contribution in [0.15, 0.2) is 77.0 Å². The molecule has 0 fully saturated rings. The van der Waals surface area contributed by atoms with E-state index in [9.17, 15) is 9.18 Å². The number of ether oxygens (including phenoxy) is 1. The Balaban J connectivity index is 0. The lowest BCUT2D eigenvalue weighted by molar-refractivity contribution is -0.115. The summed E-state index contributed by atoms with van der Waals surface area (Å²) >= 11 is 1.76. The molecule has 0 bridgehead atoms. The van der Waals surface area contributed by atoms with E-state index >= 15 is 0 Å². The molecule has 1 rings (SSSR count). The Labute approximate surface area is 214 Å². The second kappa shape index (κ2) is 19.4. The fraction of sp³-hybridized carbons (Fsp3) is 0.414. The number of carbonyl (C=O) groups excluding carboxylic acids is 1. The highest BCUT2D eigenvalue weighted by Crippen LogP contribution is 2.23. The molecule has 0 N–H and O–H groups in total. The van der Waals surface area contributed by atoms with Crippen LogP contribution < -0.4 is 10.0 Å². The van der Waals surface area contributed by atoms with Crippen LogP contribution in [0.1, 0.15) is 68.2 Å². The normalized spacial score (nSPS) is 12.5. The number of allylic oxidation sites excluding steroid dienone is 8. The third-order valence-corrected chi connectivity index (χ3v) is 6.09. The van der Waals surface area contributed by atoms with Crippen LogP contribution in [-0.4, -0.2) is 12.0 Å². The van der Waals surface area contributed by atoms with Gasteiger partial charge in [0, 0.05) is 6.92 Å². The molecule has 0 aromatic heterocycles. The molecule has 0 spiro atoms. The van der Waals surface area contributed by atoms with Gasteiger partial charge in [-0.2, -0.15) is 0 Å². The van der Waals surface area contributed by atoms with Crippen molar-refractivity contribution in [1.82, 2.24) is 0 Å². The second-order valence-electron chi connectivity index (χ2n) is 7.74. The van der Waals surface area contributed by atoms with Gasteiger partial charge in [0.05, 0.1) is 0 Å². The van der Waals surface area contributed by atoms with E-state index < -0.39 is 5.82 Å². The number of halogens is 1. The van der Waals surface area contributed by atoms with Gasteiger partial charge in [-0.1, -0.05) is 65.5 Å². The van der Waals surface area contributed by atoms with Gasteiger partial charge < -0.3 is 4.74 Å². The van der Waals surface area contributed by atoms with Gasteiger partial charge in [-0.05, 0) is 84.5 Å². The molecular weight excluding hydrogens is 462 g/mol. The average Bonchev–Trinajstić information content (AvgIpc) is 2.81. The van der Waals surface area contributed by atoms with Gasteiger partial charge in [0.25, 0.3) is 0 Å². The summed E-state index contributed by atoms with van der Waals surface area (Å²) in [6.07, 6.45) is 9.90. The summed E-state index contributed by atoms with van der Waals surface area (Å²) < 4.78 is 19.4. The van der Waals surface area contributed by atoms with Crippen molar-refractivity contribution < 1.29 is 13.9 Å². The Bertz CT molecular complexity index is 897. The number of hydrogen-bond donors (Lipinski definition) is 0. The van der Waals surface area contributed by atoms with Crippen molar-refractivity contribution >= 4 is 32.1 Å². The second-order valence-corrected chi connectivity index (χ2v) is 9.34. The molecule has 0 radical (unpaired) electrons. The van der Waals surface area contributed by atoms with Crippen LogP contribution >= 0.6 is 21.0 Å². The zero-order valence-corrected chi connectivity index (χ0v) is 24.5. The smallest absolute Gasteiger partial charge is 0.194 e. The SMILES string of the molecule is C=C(/C(C)=C\C)C(=C\C)/C=C(/Oc1ccc(P)cc1F)C(C)=O.C=C(SC)C(C)CC.CCC. The Morgan fingerprint density at radius 3 is 2.09 bits per heavy atom. The van der Waals surface area contributed by atoms with Crippen LogP contribution in [0.25, 0.3) is 0 Å². The lowest BCUT2D eigenvalue weighted by Crippen LogP contribution is -2.08. The zero-order chi connectivity index (χ0) is 26.8. The Kier molecular flexibility index (Phi) is 19.6. The summed E-state index contributed by atoms with van der Waals surface area (Å²) in [6, 6.07) is 4.52. The lowest BCUT2D eigenvalue weighted by atomic mass is 9.99. The van der Waals surface area contributed by atoms with Crippen LogP contribution in [0.5, 0.6) is 5.75 Å². The summed E-state index contributed by atoms with van der Waals surface area (Å²) in [6.45, 7) is 23.7. The number of carbonyl (C=O) groups is 1. The van der Waals surface area contributed by atoms with Gasteiger partial charge in [-0.15, -0.1) is 21.0 Å². The predicted molar refractivity (Wildman–Crippen MR) is 156 cm³/mol. The number of rotatable bonds is 9. The topological polar surface area (TPSA) is 26.3 Å². The minimum absolute atomic E-state index is 0.0153. The van der Waals surface area contributed by atoms with Crippen LogP contribution in [0.4, 0.5) is 4.39 Å². The largest absolute Gasteiger partial charge is 0.451 e. The van der Waals surface area contributed by atoms with Crippen LogP contribution in [-0.2, 0) is 4.79 Å². The molecule has 0 aliphatic rings.